The Morgan fingerprint density at radius 1 is 1.31 bits per heavy atom. The zero-order valence-corrected chi connectivity index (χ0v) is 11.6. The topological polar surface area (TPSA) is 25.2 Å². The Bertz CT molecular complexity index is 330. The second-order valence-electron chi connectivity index (χ2n) is 4.86. The van der Waals surface area contributed by atoms with Crippen LogP contribution in [-0.4, -0.2) is 6.04 Å². The normalized spacial score (nSPS) is 21.2. The summed E-state index contributed by atoms with van der Waals surface area (Å²) in [6.07, 6.45) is 5.56. The lowest BCUT2D eigenvalue weighted by atomic mass is 9.99. The molecule has 1 heterocycles. The van der Waals surface area contributed by atoms with Gasteiger partial charge in [-0.05, 0) is 60.7 Å². The van der Waals surface area contributed by atoms with Crippen LogP contribution in [0.5, 0.6) is 0 Å². The summed E-state index contributed by atoms with van der Waals surface area (Å²) in [5.41, 5.74) is 0. The molecule has 1 aliphatic rings. The second kappa shape index (κ2) is 5.37. The molecule has 0 aromatic carbocycles. The van der Waals surface area contributed by atoms with Gasteiger partial charge in [0.2, 0.25) is 0 Å². The molecule has 0 bridgehead atoms. The van der Waals surface area contributed by atoms with Gasteiger partial charge in [-0.25, -0.2) is 0 Å². The third kappa shape index (κ3) is 2.89. The summed E-state index contributed by atoms with van der Waals surface area (Å²) in [6, 6.07) is 4.86. The van der Waals surface area contributed by atoms with E-state index in [2.05, 4.69) is 35.1 Å². The smallest absolute Gasteiger partial charge is 0.169 e. The van der Waals surface area contributed by atoms with E-state index in [0.29, 0.717) is 12.1 Å². The van der Waals surface area contributed by atoms with Gasteiger partial charge < -0.3 is 9.73 Å². The average Bonchev–Trinajstić information content (AvgIpc) is 2.87. The van der Waals surface area contributed by atoms with Crippen LogP contribution in [0.2, 0.25) is 0 Å². The van der Waals surface area contributed by atoms with Crippen molar-refractivity contribution in [2.45, 2.75) is 51.6 Å². The van der Waals surface area contributed by atoms with Gasteiger partial charge in [0, 0.05) is 6.04 Å². The van der Waals surface area contributed by atoms with E-state index in [0.717, 1.165) is 16.3 Å². The molecular formula is C13H20BrNO. The molecule has 1 unspecified atom stereocenters. The first-order chi connectivity index (χ1) is 7.66. The van der Waals surface area contributed by atoms with Gasteiger partial charge in [0.1, 0.15) is 5.76 Å². The molecule has 1 N–H and O–H groups in total. The van der Waals surface area contributed by atoms with Gasteiger partial charge in [-0.15, -0.1) is 0 Å². The van der Waals surface area contributed by atoms with Crippen LogP contribution in [-0.2, 0) is 0 Å². The van der Waals surface area contributed by atoms with E-state index in [1.54, 1.807) is 0 Å². The van der Waals surface area contributed by atoms with Crippen LogP contribution in [0.3, 0.4) is 0 Å². The second-order valence-corrected chi connectivity index (χ2v) is 5.65. The van der Waals surface area contributed by atoms with E-state index in [1.165, 1.54) is 25.7 Å². The summed E-state index contributed by atoms with van der Waals surface area (Å²) in [7, 11) is 0. The summed E-state index contributed by atoms with van der Waals surface area (Å²) in [4.78, 5) is 0. The van der Waals surface area contributed by atoms with Crippen molar-refractivity contribution in [3.05, 3.63) is 22.6 Å². The summed E-state index contributed by atoms with van der Waals surface area (Å²) in [5.74, 6) is 1.86. The monoisotopic (exact) mass is 285 g/mol. The molecule has 1 saturated carbocycles. The maximum absolute atomic E-state index is 5.56. The molecule has 1 fully saturated rings. The molecule has 1 aromatic heterocycles. The molecule has 90 valence electrons. The van der Waals surface area contributed by atoms with Gasteiger partial charge in [-0.3, -0.25) is 0 Å². The van der Waals surface area contributed by atoms with Gasteiger partial charge in [-0.2, -0.15) is 0 Å². The maximum atomic E-state index is 5.56. The molecule has 3 heteroatoms. The lowest BCUT2D eigenvalue weighted by Gasteiger charge is -2.23. The Labute approximate surface area is 106 Å². The van der Waals surface area contributed by atoms with Gasteiger partial charge >= 0.3 is 0 Å². The molecule has 0 spiro atoms. The number of furan rings is 1. The van der Waals surface area contributed by atoms with Crippen LogP contribution in [0.25, 0.3) is 0 Å². The Balaban J connectivity index is 1.88. The van der Waals surface area contributed by atoms with Crippen LogP contribution in [0.4, 0.5) is 0 Å². The first-order valence-electron chi connectivity index (χ1n) is 6.18. The summed E-state index contributed by atoms with van der Waals surface area (Å²) >= 11 is 3.34. The SMILES string of the molecule is CC(N[C@H](C)C1CCCC1)c1ccc(Br)o1. The number of hydrogen-bond donors (Lipinski definition) is 1. The molecule has 1 aromatic rings. The third-order valence-corrected chi connectivity index (χ3v) is 4.07. The van der Waals surface area contributed by atoms with Crippen molar-refractivity contribution in [1.82, 2.24) is 5.32 Å². The number of nitrogens with one attached hydrogen (secondary N) is 1. The van der Waals surface area contributed by atoms with Gasteiger partial charge in [0.15, 0.2) is 4.67 Å². The molecule has 0 radical (unpaired) electrons. The van der Waals surface area contributed by atoms with Crippen molar-refractivity contribution in [3.63, 3.8) is 0 Å². The van der Waals surface area contributed by atoms with Crippen molar-refractivity contribution >= 4 is 15.9 Å². The molecule has 1 aliphatic carbocycles. The number of hydrogen-bond acceptors (Lipinski definition) is 2. The highest BCUT2D eigenvalue weighted by Gasteiger charge is 2.23. The van der Waals surface area contributed by atoms with Crippen molar-refractivity contribution in [3.8, 4) is 0 Å². The molecule has 0 aliphatic heterocycles. The molecule has 2 rings (SSSR count). The molecule has 16 heavy (non-hydrogen) atoms. The molecule has 0 amide bonds. The number of rotatable bonds is 4. The van der Waals surface area contributed by atoms with Crippen LogP contribution < -0.4 is 5.32 Å². The van der Waals surface area contributed by atoms with E-state index in [-0.39, 0.29) is 0 Å². The molecule has 2 atom stereocenters. The highest BCUT2D eigenvalue weighted by Crippen LogP contribution is 2.29. The largest absolute Gasteiger partial charge is 0.453 e. The van der Waals surface area contributed by atoms with E-state index in [9.17, 15) is 0 Å². The van der Waals surface area contributed by atoms with Gasteiger partial charge in [-0.1, -0.05) is 12.8 Å². The summed E-state index contributed by atoms with van der Waals surface area (Å²) in [6.45, 7) is 4.46. The predicted molar refractivity (Wildman–Crippen MR) is 69.4 cm³/mol. The quantitative estimate of drug-likeness (QED) is 0.894. The van der Waals surface area contributed by atoms with E-state index in [4.69, 9.17) is 4.42 Å². The highest BCUT2D eigenvalue weighted by molar-refractivity contribution is 9.10. The van der Waals surface area contributed by atoms with Crippen LogP contribution in [0, 0.1) is 5.92 Å². The third-order valence-electron chi connectivity index (χ3n) is 3.64. The zero-order valence-electron chi connectivity index (χ0n) is 10.0. The molecule has 2 nitrogen and oxygen atoms in total. The maximum Gasteiger partial charge on any atom is 0.169 e. The van der Waals surface area contributed by atoms with E-state index < -0.39 is 0 Å². The zero-order chi connectivity index (χ0) is 11.5. The highest BCUT2D eigenvalue weighted by atomic mass is 79.9. The number of halogens is 1. The van der Waals surface area contributed by atoms with Gasteiger partial charge in [0.05, 0.1) is 6.04 Å². The van der Waals surface area contributed by atoms with Crippen molar-refractivity contribution < 1.29 is 4.42 Å². The van der Waals surface area contributed by atoms with Crippen LogP contribution >= 0.6 is 15.9 Å². The Morgan fingerprint density at radius 2 is 2.00 bits per heavy atom. The summed E-state index contributed by atoms with van der Waals surface area (Å²) < 4.78 is 6.37. The first kappa shape index (κ1) is 12.2. The van der Waals surface area contributed by atoms with Crippen LogP contribution in [0.15, 0.2) is 21.2 Å². The fourth-order valence-electron chi connectivity index (χ4n) is 2.63. The Morgan fingerprint density at radius 3 is 2.56 bits per heavy atom. The van der Waals surface area contributed by atoms with E-state index >= 15 is 0 Å². The van der Waals surface area contributed by atoms with E-state index in [1.807, 2.05) is 12.1 Å². The molecular weight excluding hydrogens is 266 g/mol. The molecule has 0 saturated heterocycles. The summed E-state index contributed by atoms with van der Waals surface area (Å²) in [5, 5.41) is 3.64. The fraction of sp³-hybridized carbons (Fsp3) is 0.692. The lowest BCUT2D eigenvalue weighted by molar-refractivity contribution is 0.324. The lowest BCUT2D eigenvalue weighted by Crippen LogP contribution is -2.34. The first-order valence-corrected chi connectivity index (χ1v) is 6.97. The Hall–Kier alpha value is -0.280. The standard InChI is InChI=1S/C13H20BrNO/c1-9(11-5-3-4-6-11)15-10(2)12-7-8-13(14)16-12/h7-11,15H,3-6H2,1-2H3/t9-,10?/m1/s1. The average molecular weight is 286 g/mol. The van der Waals surface area contributed by atoms with Crippen molar-refractivity contribution in [1.29, 1.82) is 0 Å². The minimum absolute atomic E-state index is 0.293. The Kier molecular flexibility index (Phi) is 4.09. The fourth-order valence-corrected chi connectivity index (χ4v) is 2.95. The van der Waals surface area contributed by atoms with Crippen molar-refractivity contribution in [2.75, 3.05) is 0 Å². The minimum Gasteiger partial charge on any atom is -0.453 e. The predicted octanol–water partition coefficient (Wildman–Crippen LogP) is 4.27. The van der Waals surface area contributed by atoms with Crippen molar-refractivity contribution in [2.24, 2.45) is 5.92 Å². The minimum atomic E-state index is 0.293. The van der Waals surface area contributed by atoms with Crippen LogP contribution in [0.1, 0.15) is 51.3 Å². The van der Waals surface area contributed by atoms with Gasteiger partial charge in [0.25, 0.3) is 0 Å².